The number of fused-ring (bicyclic) bond motifs is 1. The minimum Gasteiger partial charge on any atom is -0.254 e. The number of hydrogen-bond donors (Lipinski definition) is 0. The zero-order chi connectivity index (χ0) is 23.5. The van der Waals surface area contributed by atoms with Gasteiger partial charge in [0, 0.05) is 32.0 Å². The van der Waals surface area contributed by atoms with Gasteiger partial charge in [-0.25, -0.2) is 4.44 Å². The maximum Gasteiger partial charge on any atom is 0.0778 e. The molecule has 0 N–H and O–H groups in total. The van der Waals surface area contributed by atoms with Crippen LogP contribution in [0.3, 0.4) is 0 Å². The lowest BCUT2D eigenvalue weighted by atomic mass is 10.1. The Kier molecular flexibility index (Phi) is 7.23. The lowest BCUT2D eigenvalue weighted by Gasteiger charge is -2.46. The van der Waals surface area contributed by atoms with Gasteiger partial charge in [0.1, 0.15) is 0 Å². The first-order valence-electron chi connectivity index (χ1n) is 12.0. The van der Waals surface area contributed by atoms with E-state index in [1.165, 1.54) is 27.0 Å². The molecule has 0 saturated heterocycles. The maximum atomic E-state index is 2.84. The fraction of sp³-hybridized carbons (Fsp3) is 0.200. The van der Waals surface area contributed by atoms with Gasteiger partial charge in [-0.15, -0.1) is 0 Å². The van der Waals surface area contributed by atoms with E-state index < -0.39 is 16.3 Å². The molecule has 34 heavy (non-hydrogen) atoms. The number of nitrogens with zero attached hydrogens (tertiary/aromatic N) is 2. The second-order valence-corrected chi connectivity index (χ2v) is 13.4. The van der Waals surface area contributed by atoms with Crippen molar-refractivity contribution in [2.75, 3.05) is 0 Å². The summed E-state index contributed by atoms with van der Waals surface area (Å²) in [5, 5.41) is 4.24. The summed E-state index contributed by atoms with van der Waals surface area (Å²) < 4.78 is 5.60. The molecule has 4 aromatic carbocycles. The van der Waals surface area contributed by atoms with Crippen LogP contribution < -0.4 is 15.9 Å². The lowest BCUT2D eigenvalue weighted by molar-refractivity contribution is 0.384. The molecule has 1 aliphatic heterocycles. The van der Waals surface area contributed by atoms with Gasteiger partial charge in [0.05, 0.1) is 8.22 Å². The van der Waals surface area contributed by atoms with E-state index in [4.69, 9.17) is 0 Å². The van der Waals surface area contributed by atoms with Gasteiger partial charge in [-0.2, -0.15) is 0 Å². The summed E-state index contributed by atoms with van der Waals surface area (Å²) in [5.74, 6) is 0. The predicted octanol–water partition coefficient (Wildman–Crippen LogP) is 6.96. The average Bonchev–Trinajstić information content (AvgIpc) is 3.21. The van der Waals surface area contributed by atoms with Gasteiger partial charge < -0.3 is 0 Å². The van der Waals surface area contributed by atoms with Crippen molar-refractivity contribution in [1.29, 1.82) is 0 Å². The Morgan fingerprint density at radius 3 is 1.65 bits per heavy atom. The highest BCUT2D eigenvalue weighted by atomic mass is 31.2. The second-order valence-electron chi connectivity index (χ2n) is 8.99. The molecule has 0 aliphatic carbocycles. The van der Waals surface area contributed by atoms with Crippen LogP contribution >= 0.6 is 16.3 Å². The Morgan fingerprint density at radius 1 is 0.676 bits per heavy atom. The van der Waals surface area contributed by atoms with Crippen molar-refractivity contribution in [3.05, 3.63) is 126 Å². The van der Waals surface area contributed by atoms with Crippen LogP contribution in [-0.4, -0.2) is 15.2 Å². The first-order chi connectivity index (χ1) is 16.6. The van der Waals surface area contributed by atoms with E-state index in [2.05, 4.69) is 145 Å². The first kappa shape index (κ1) is 23.4. The molecule has 0 fully saturated rings. The summed E-state index contributed by atoms with van der Waals surface area (Å²) in [5.41, 5.74) is 2.93. The largest absolute Gasteiger partial charge is 0.254 e. The first-order valence-corrected chi connectivity index (χ1v) is 14.6. The Morgan fingerprint density at radius 2 is 1.15 bits per heavy atom. The molecular formula is C30H32N2P2. The summed E-state index contributed by atoms with van der Waals surface area (Å²) in [6.45, 7) is 8.12. The molecule has 0 bridgehead atoms. The monoisotopic (exact) mass is 482 g/mol. The van der Waals surface area contributed by atoms with Crippen LogP contribution in [0.5, 0.6) is 0 Å². The zero-order valence-corrected chi connectivity index (χ0v) is 21.9. The Balaban J connectivity index is 1.68. The molecule has 4 heteroatoms. The summed E-state index contributed by atoms with van der Waals surface area (Å²) in [4.78, 5) is 0. The molecule has 2 unspecified atom stereocenters. The van der Waals surface area contributed by atoms with Gasteiger partial charge >= 0.3 is 0 Å². The van der Waals surface area contributed by atoms with Crippen LogP contribution in [0.25, 0.3) is 0 Å². The van der Waals surface area contributed by atoms with E-state index >= 15 is 0 Å². The molecule has 172 valence electrons. The third-order valence-corrected chi connectivity index (χ3v) is 12.5. The Hall–Kier alpha value is -2.34. The quantitative estimate of drug-likeness (QED) is 0.263. The molecule has 5 rings (SSSR count). The molecule has 1 heterocycles. The highest BCUT2D eigenvalue weighted by Gasteiger charge is 2.40. The Labute approximate surface area is 206 Å². The third kappa shape index (κ3) is 4.61. The van der Waals surface area contributed by atoms with Crippen molar-refractivity contribution in [2.24, 2.45) is 0 Å². The number of hydrogen-bond acceptors (Lipinski definition) is 2. The topological polar surface area (TPSA) is 6.48 Å². The molecule has 4 aromatic rings. The summed E-state index contributed by atoms with van der Waals surface area (Å²) in [7, 11) is -1.44. The van der Waals surface area contributed by atoms with E-state index in [1.54, 1.807) is 0 Å². The van der Waals surface area contributed by atoms with Crippen molar-refractivity contribution in [3.63, 3.8) is 0 Å². The summed E-state index contributed by atoms with van der Waals surface area (Å²) in [6.07, 6.45) is 0. The second kappa shape index (κ2) is 10.5. The molecule has 0 saturated carbocycles. The lowest BCUT2D eigenvalue weighted by Crippen LogP contribution is -2.37. The normalized spacial score (nSPS) is 16.8. The average molecular weight is 483 g/mol. The minimum absolute atomic E-state index is 0.382. The minimum atomic E-state index is -0.737. The van der Waals surface area contributed by atoms with Crippen LogP contribution in [-0.2, 0) is 6.54 Å². The Bertz CT molecular complexity index is 1160. The summed E-state index contributed by atoms with van der Waals surface area (Å²) in [6, 6.07) is 43.2. The predicted molar refractivity (Wildman–Crippen MR) is 149 cm³/mol. The van der Waals surface area contributed by atoms with Crippen LogP contribution in [0, 0.1) is 0 Å². The molecule has 1 aliphatic rings. The van der Waals surface area contributed by atoms with Crippen molar-refractivity contribution < 1.29 is 0 Å². The van der Waals surface area contributed by atoms with Crippen molar-refractivity contribution >= 4 is 32.2 Å². The SMILES string of the molecule is CC1c2ccccc2CN1P(c1ccccc1)N(C(C)C)P(c1ccccc1)c1ccccc1. The fourth-order valence-corrected chi connectivity index (χ4v) is 11.2. The van der Waals surface area contributed by atoms with Crippen molar-refractivity contribution in [3.8, 4) is 0 Å². The van der Waals surface area contributed by atoms with E-state index in [0.29, 0.717) is 12.1 Å². The molecule has 0 aromatic heterocycles. The zero-order valence-electron chi connectivity index (χ0n) is 20.1. The van der Waals surface area contributed by atoms with Gasteiger partial charge in [-0.3, -0.25) is 4.67 Å². The highest BCUT2D eigenvalue weighted by molar-refractivity contribution is 7.81. The third-order valence-electron chi connectivity index (χ3n) is 6.38. The smallest absolute Gasteiger partial charge is 0.0778 e. The fourth-order valence-electron chi connectivity index (χ4n) is 4.79. The maximum absolute atomic E-state index is 2.84. The van der Waals surface area contributed by atoms with Crippen LogP contribution in [0.1, 0.15) is 37.9 Å². The van der Waals surface area contributed by atoms with E-state index in [-0.39, 0.29) is 0 Å². The number of rotatable bonds is 7. The summed E-state index contributed by atoms with van der Waals surface area (Å²) >= 11 is 0. The molecule has 0 spiro atoms. The highest BCUT2D eigenvalue weighted by Crippen LogP contribution is 2.62. The molecular weight excluding hydrogens is 450 g/mol. The molecule has 2 nitrogen and oxygen atoms in total. The van der Waals surface area contributed by atoms with Crippen LogP contribution in [0.15, 0.2) is 115 Å². The van der Waals surface area contributed by atoms with E-state index in [1.807, 2.05) is 0 Å². The van der Waals surface area contributed by atoms with Crippen molar-refractivity contribution in [2.45, 2.75) is 39.4 Å². The van der Waals surface area contributed by atoms with Crippen LogP contribution in [0.4, 0.5) is 0 Å². The molecule has 0 radical (unpaired) electrons. The molecule has 2 atom stereocenters. The van der Waals surface area contributed by atoms with E-state index in [0.717, 1.165) is 6.54 Å². The van der Waals surface area contributed by atoms with Gasteiger partial charge in [0.15, 0.2) is 0 Å². The van der Waals surface area contributed by atoms with Gasteiger partial charge in [0.2, 0.25) is 0 Å². The van der Waals surface area contributed by atoms with E-state index in [9.17, 15) is 0 Å². The standard InChI is InChI=1S/C30H32N2P2/c1-24(2)32(33(27-16-7-4-8-17-27)28-18-9-5-10-19-28)34(29-20-11-6-12-21-29)31-23-26-15-13-14-22-30(26)25(31)3/h4-22,24-25H,23H2,1-3H3. The van der Waals surface area contributed by atoms with Gasteiger partial charge in [-0.05, 0) is 42.5 Å². The molecule has 0 amide bonds. The van der Waals surface area contributed by atoms with Gasteiger partial charge in [0.25, 0.3) is 0 Å². The van der Waals surface area contributed by atoms with Gasteiger partial charge in [-0.1, -0.05) is 115 Å². The van der Waals surface area contributed by atoms with Crippen LogP contribution in [0.2, 0.25) is 0 Å². The number of benzene rings is 4. The van der Waals surface area contributed by atoms with Crippen molar-refractivity contribution in [1.82, 2.24) is 9.11 Å².